The number of furan rings is 2. The van der Waals surface area contributed by atoms with E-state index >= 15 is 0 Å². The number of carbonyl (C=O) groups is 3. The predicted octanol–water partition coefficient (Wildman–Crippen LogP) is 3.97. The van der Waals surface area contributed by atoms with E-state index in [1.807, 2.05) is 0 Å². The summed E-state index contributed by atoms with van der Waals surface area (Å²) in [5, 5.41) is 4.29. The maximum absolute atomic E-state index is 12.8. The van der Waals surface area contributed by atoms with Crippen LogP contribution >= 0.6 is 0 Å². The summed E-state index contributed by atoms with van der Waals surface area (Å²) in [5.74, 6) is -0.0615. The maximum Gasteiger partial charge on any atom is 0.379 e. The van der Waals surface area contributed by atoms with Crippen LogP contribution in [0.2, 0.25) is 0 Å². The molecule has 2 aromatic heterocycles. The molecule has 1 aromatic carbocycles. The molecule has 170 valence electrons. The summed E-state index contributed by atoms with van der Waals surface area (Å²) in [6, 6.07) is 7.59. The Balaban J connectivity index is 1.53. The summed E-state index contributed by atoms with van der Waals surface area (Å²) in [7, 11) is 1.29. The van der Waals surface area contributed by atoms with Crippen LogP contribution in [-0.4, -0.2) is 30.7 Å². The van der Waals surface area contributed by atoms with Gasteiger partial charge >= 0.3 is 11.9 Å². The molecule has 0 saturated heterocycles. The Bertz CT molecular complexity index is 1250. The van der Waals surface area contributed by atoms with Gasteiger partial charge in [0.05, 0.1) is 30.2 Å². The zero-order chi connectivity index (χ0) is 23.5. The topological polar surface area (TPSA) is 120 Å². The fourth-order valence-corrected chi connectivity index (χ4v) is 3.70. The van der Waals surface area contributed by atoms with E-state index in [-0.39, 0.29) is 17.4 Å². The highest BCUT2D eigenvalue weighted by Crippen LogP contribution is 2.30. The number of aryl methyl sites for hydroxylation is 2. The molecule has 33 heavy (non-hydrogen) atoms. The van der Waals surface area contributed by atoms with Crippen LogP contribution < -0.4 is 10.2 Å². The minimum Gasteiger partial charge on any atom is -0.469 e. The molecule has 0 aliphatic heterocycles. The summed E-state index contributed by atoms with van der Waals surface area (Å²) in [5.41, 5.74) is 5.23. The Labute approximate surface area is 189 Å². The number of benzene rings is 1. The monoisotopic (exact) mass is 450 g/mol. The Kier molecular flexibility index (Phi) is 6.12. The number of nitrogens with one attached hydrogen (secondary N) is 1. The largest absolute Gasteiger partial charge is 0.469 e. The number of ether oxygens (including phenoxy) is 2. The Morgan fingerprint density at radius 1 is 1.03 bits per heavy atom. The first-order chi connectivity index (χ1) is 15.9. The van der Waals surface area contributed by atoms with Crippen molar-refractivity contribution in [2.24, 2.45) is 5.10 Å². The minimum absolute atomic E-state index is 0.0728. The van der Waals surface area contributed by atoms with E-state index in [4.69, 9.17) is 13.6 Å². The van der Waals surface area contributed by atoms with Gasteiger partial charge in [-0.05, 0) is 57.0 Å². The van der Waals surface area contributed by atoms with E-state index in [2.05, 4.69) is 15.3 Å². The van der Waals surface area contributed by atoms with E-state index < -0.39 is 11.9 Å². The average molecular weight is 450 g/mol. The third-order valence-corrected chi connectivity index (χ3v) is 5.39. The molecule has 4 rings (SSSR count). The molecular weight excluding hydrogens is 428 g/mol. The summed E-state index contributed by atoms with van der Waals surface area (Å²) < 4.78 is 21.1. The lowest BCUT2D eigenvalue weighted by atomic mass is 9.93. The number of methoxy groups -OCH3 is 1. The van der Waals surface area contributed by atoms with Crippen molar-refractivity contribution in [3.8, 4) is 5.75 Å². The van der Waals surface area contributed by atoms with Gasteiger partial charge in [-0.2, -0.15) is 5.10 Å². The Morgan fingerprint density at radius 2 is 1.79 bits per heavy atom. The highest BCUT2D eigenvalue weighted by atomic mass is 16.5. The first kappa shape index (κ1) is 22.1. The molecule has 9 heteroatoms. The highest BCUT2D eigenvalue weighted by Gasteiger charge is 2.29. The summed E-state index contributed by atoms with van der Waals surface area (Å²) in [6.45, 7) is 3.45. The van der Waals surface area contributed by atoms with Gasteiger partial charge in [-0.1, -0.05) is 0 Å². The number of esters is 2. The number of hydrogen-bond donors (Lipinski definition) is 1. The normalized spacial score (nSPS) is 14.0. The van der Waals surface area contributed by atoms with Crippen LogP contribution in [0.25, 0.3) is 0 Å². The molecule has 0 spiro atoms. The lowest BCUT2D eigenvalue weighted by Gasteiger charge is -2.13. The number of carbonyl (C=O) groups excluding carboxylic acids is 3. The van der Waals surface area contributed by atoms with Crippen LogP contribution in [0.15, 0.2) is 50.5 Å². The second-order valence-corrected chi connectivity index (χ2v) is 7.50. The molecule has 0 fully saturated rings. The molecule has 0 radical (unpaired) electrons. The molecule has 2 heterocycles. The summed E-state index contributed by atoms with van der Waals surface area (Å²) in [6.07, 6.45) is 3.48. The van der Waals surface area contributed by atoms with Crippen LogP contribution in [0.1, 0.15) is 66.8 Å². The lowest BCUT2D eigenvalue weighted by Crippen LogP contribution is -2.22. The number of amides is 1. The molecule has 1 aliphatic rings. The molecule has 0 unspecified atom stereocenters. The first-order valence-electron chi connectivity index (χ1n) is 10.3. The molecular formula is C24H22N2O7. The second kappa shape index (κ2) is 9.15. The Hall–Kier alpha value is -4.14. The van der Waals surface area contributed by atoms with E-state index in [0.29, 0.717) is 52.3 Å². The van der Waals surface area contributed by atoms with Crippen LogP contribution in [0, 0.1) is 13.8 Å². The van der Waals surface area contributed by atoms with Crippen molar-refractivity contribution >= 4 is 23.6 Å². The number of fused-ring (bicyclic) bond motifs is 1. The van der Waals surface area contributed by atoms with Crippen LogP contribution in [0.3, 0.4) is 0 Å². The van der Waals surface area contributed by atoms with Gasteiger partial charge in [-0.25, -0.2) is 15.0 Å². The second-order valence-electron chi connectivity index (χ2n) is 7.50. The zero-order valence-corrected chi connectivity index (χ0v) is 18.4. The van der Waals surface area contributed by atoms with Crippen LogP contribution in [-0.2, 0) is 11.2 Å². The van der Waals surface area contributed by atoms with Gasteiger partial charge in [-0.3, -0.25) is 4.79 Å². The minimum atomic E-state index is -0.662. The zero-order valence-electron chi connectivity index (χ0n) is 18.4. The first-order valence-corrected chi connectivity index (χ1v) is 10.3. The van der Waals surface area contributed by atoms with E-state index in [9.17, 15) is 14.4 Å². The van der Waals surface area contributed by atoms with Crippen LogP contribution in [0.5, 0.6) is 5.75 Å². The molecule has 0 saturated carbocycles. The van der Waals surface area contributed by atoms with Crippen molar-refractivity contribution in [2.45, 2.75) is 33.1 Å². The maximum atomic E-state index is 12.8. The van der Waals surface area contributed by atoms with Gasteiger partial charge in [0.25, 0.3) is 5.91 Å². The molecule has 9 nitrogen and oxygen atoms in total. The Morgan fingerprint density at radius 3 is 2.45 bits per heavy atom. The van der Waals surface area contributed by atoms with E-state index in [0.717, 1.165) is 6.42 Å². The van der Waals surface area contributed by atoms with Gasteiger partial charge < -0.3 is 18.3 Å². The van der Waals surface area contributed by atoms with Gasteiger partial charge in [-0.15, -0.1) is 0 Å². The van der Waals surface area contributed by atoms with Crippen molar-refractivity contribution < 1.29 is 32.7 Å². The summed E-state index contributed by atoms with van der Waals surface area (Å²) in [4.78, 5) is 36.7. The molecule has 1 amide bonds. The van der Waals surface area contributed by atoms with Gasteiger partial charge in [0.1, 0.15) is 17.3 Å². The van der Waals surface area contributed by atoms with E-state index in [1.54, 1.807) is 19.9 Å². The van der Waals surface area contributed by atoms with Crippen molar-refractivity contribution in [3.63, 3.8) is 0 Å². The van der Waals surface area contributed by atoms with Crippen molar-refractivity contribution in [3.05, 3.63) is 76.1 Å². The van der Waals surface area contributed by atoms with Crippen molar-refractivity contribution in [1.29, 1.82) is 0 Å². The van der Waals surface area contributed by atoms with Crippen molar-refractivity contribution in [1.82, 2.24) is 5.43 Å². The third kappa shape index (κ3) is 4.43. The highest BCUT2D eigenvalue weighted by molar-refractivity contribution is 6.07. The fraction of sp³-hybridized carbons (Fsp3) is 0.250. The average Bonchev–Trinajstić information content (AvgIpc) is 3.40. The lowest BCUT2D eigenvalue weighted by molar-refractivity contribution is 0.0600. The summed E-state index contributed by atoms with van der Waals surface area (Å²) >= 11 is 0. The van der Waals surface area contributed by atoms with Crippen LogP contribution in [0.4, 0.5) is 0 Å². The molecule has 1 aliphatic carbocycles. The SMILES string of the molecule is COC(=O)c1ccc(OC(=O)c2oc3c(c2C)/C(=N/NC(=O)c2ccoc2C)CCC3)cc1. The van der Waals surface area contributed by atoms with Gasteiger partial charge in [0.15, 0.2) is 0 Å². The standard InChI is InChI=1S/C24H22N2O7/c1-13-20-18(25-26-22(27)17-11-12-31-14(17)2)5-4-6-19(20)33-21(13)24(29)32-16-9-7-15(8-10-16)23(28)30-3/h7-12H,4-6H2,1-3H3,(H,26,27)/b25-18+. The van der Waals surface area contributed by atoms with Gasteiger partial charge in [0.2, 0.25) is 5.76 Å². The smallest absolute Gasteiger partial charge is 0.379 e. The molecule has 1 N–H and O–H groups in total. The number of rotatable bonds is 5. The number of nitrogens with zero attached hydrogens (tertiary/aromatic N) is 1. The molecule has 3 aromatic rings. The van der Waals surface area contributed by atoms with Crippen molar-refractivity contribution in [2.75, 3.05) is 7.11 Å². The number of hydrazone groups is 1. The third-order valence-electron chi connectivity index (χ3n) is 5.39. The van der Waals surface area contributed by atoms with Gasteiger partial charge in [0, 0.05) is 17.5 Å². The quantitative estimate of drug-likeness (QED) is 0.355. The number of hydrogen-bond acceptors (Lipinski definition) is 8. The predicted molar refractivity (Wildman–Crippen MR) is 117 cm³/mol. The fourth-order valence-electron chi connectivity index (χ4n) is 3.70. The molecule has 0 bridgehead atoms. The molecule has 0 atom stereocenters. The van der Waals surface area contributed by atoms with E-state index in [1.165, 1.54) is 37.6 Å².